The molecule has 1 atom stereocenters. The molecule has 0 aliphatic heterocycles. The molecular weight excluding hydrogens is 503 g/mol. The number of alkyl carbamates (subject to hydrolysis) is 1. The second-order valence-electron chi connectivity index (χ2n) is 10.5. The van der Waals surface area contributed by atoms with Crippen LogP contribution in [0.1, 0.15) is 76.4 Å². The number of hydrogen-bond donors (Lipinski definition) is 2. The highest BCUT2D eigenvalue weighted by Gasteiger charge is 2.37. The summed E-state index contributed by atoms with van der Waals surface area (Å²) >= 11 is 5.88. The minimum absolute atomic E-state index is 0.0205. The van der Waals surface area contributed by atoms with Crippen molar-refractivity contribution in [2.45, 2.75) is 78.0 Å². The zero-order valence-corrected chi connectivity index (χ0v) is 22.6. The van der Waals surface area contributed by atoms with Crippen LogP contribution in [0.25, 0.3) is 0 Å². The smallest absolute Gasteiger partial charge is 0.408 e. The standard InChI is InChI=1S/C26H34ClFN4O5/c1-6-26(5,29-24(35)37-25(2,3)4)23(34)36-18-11-10-17(19(28)12-18)15-32(14-16-8-7-9-16)22(33)20-13-21(27)31-30-20/h10-13,16H,6-9,14-15H2,1-5H3,(H,29,35)(H,30,31)/t26-/m0/s1. The van der Waals surface area contributed by atoms with Crippen molar-refractivity contribution in [3.63, 3.8) is 0 Å². The van der Waals surface area contributed by atoms with E-state index in [-0.39, 0.29) is 41.0 Å². The number of H-pyrrole nitrogens is 1. The van der Waals surface area contributed by atoms with Crippen LogP contribution in [0.5, 0.6) is 5.75 Å². The number of hydrogen-bond acceptors (Lipinski definition) is 6. The van der Waals surface area contributed by atoms with E-state index in [9.17, 15) is 14.4 Å². The van der Waals surface area contributed by atoms with Crippen LogP contribution in [0.2, 0.25) is 5.15 Å². The Morgan fingerprint density at radius 1 is 1.22 bits per heavy atom. The van der Waals surface area contributed by atoms with Crippen molar-refractivity contribution in [2.75, 3.05) is 6.54 Å². The third kappa shape index (κ3) is 7.67. The Kier molecular flexibility index (Phi) is 8.84. The fourth-order valence-electron chi connectivity index (χ4n) is 3.73. The number of ether oxygens (including phenoxy) is 2. The lowest BCUT2D eigenvalue weighted by Gasteiger charge is -2.32. The van der Waals surface area contributed by atoms with Gasteiger partial charge in [-0.2, -0.15) is 5.10 Å². The van der Waals surface area contributed by atoms with Crippen LogP contribution in [0.3, 0.4) is 0 Å². The predicted octanol–water partition coefficient (Wildman–Crippen LogP) is 5.24. The zero-order valence-electron chi connectivity index (χ0n) is 21.8. The summed E-state index contributed by atoms with van der Waals surface area (Å²) in [5, 5.41) is 9.25. The van der Waals surface area contributed by atoms with Gasteiger partial charge in [0.15, 0.2) is 5.69 Å². The summed E-state index contributed by atoms with van der Waals surface area (Å²) in [7, 11) is 0. The average Bonchev–Trinajstić information content (AvgIpc) is 3.21. The van der Waals surface area contributed by atoms with Gasteiger partial charge in [-0.1, -0.05) is 31.0 Å². The number of amides is 2. The van der Waals surface area contributed by atoms with Crippen LogP contribution >= 0.6 is 11.6 Å². The van der Waals surface area contributed by atoms with Crippen LogP contribution in [0.4, 0.5) is 9.18 Å². The average molecular weight is 537 g/mol. The summed E-state index contributed by atoms with van der Waals surface area (Å²) in [6.45, 7) is 8.85. The number of carbonyl (C=O) groups is 3. The van der Waals surface area contributed by atoms with E-state index in [1.165, 1.54) is 25.1 Å². The lowest BCUT2D eigenvalue weighted by Crippen LogP contribution is -2.54. The number of esters is 1. The molecule has 1 heterocycles. The van der Waals surface area contributed by atoms with Crippen LogP contribution in [-0.2, 0) is 16.1 Å². The molecule has 0 unspecified atom stereocenters. The van der Waals surface area contributed by atoms with Crippen molar-refractivity contribution in [2.24, 2.45) is 5.92 Å². The van der Waals surface area contributed by atoms with Gasteiger partial charge in [0.25, 0.3) is 5.91 Å². The van der Waals surface area contributed by atoms with Crippen LogP contribution < -0.4 is 10.1 Å². The first-order valence-electron chi connectivity index (χ1n) is 12.3. The first-order chi connectivity index (χ1) is 17.3. The van der Waals surface area contributed by atoms with Gasteiger partial charge in [0.2, 0.25) is 0 Å². The summed E-state index contributed by atoms with van der Waals surface area (Å²) in [6, 6.07) is 5.46. The van der Waals surface area contributed by atoms with E-state index in [1.54, 1.807) is 32.6 Å². The number of nitrogens with zero attached hydrogens (tertiary/aromatic N) is 2. The fraction of sp³-hybridized carbons (Fsp3) is 0.538. The number of nitrogens with one attached hydrogen (secondary N) is 2. The molecule has 2 N–H and O–H groups in total. The summed E-state index contributed by atoms with van der Waals surface area (Å²) in [5.41, 5.74) is -1.70. The normalized spacial score (nSPS) is 15.3. The highest BCUT2D eigenvalue weighted by molar-refractivity contribution is 6.29. The van der Waals surface area contributed by atoms with E-state index in [2.05, 4.69) is 15.5 Å². The molecule has 1 aliphatic carbocycles. The predicted molar refractivity (Wildman–Crippen MR) is 136 cm³/mol. The molecule has 1 fully saturated rings. The quantitative estimate of drug-likeness (QED) is 0.334. The number of aromatic nitrogens is 2. The highest BCUT2D eigenvalue weighted by atomic mass is 35.5. The summed E-state index contributed by atoms with van der Waals surface area (Å²) in [6.07, 6.45) is 2.59. The Morgan fingerprint density at radius 3 is 2.43 bits per heavy atom. The molecule has 37 heavy (non-hydrogen) atoms. The van der Waals surface area contributed by atoms with Crippen molar-refractivity contribution in [1.29, 1.82) is 0 Å². The first kappa shape index (κ1) is 28.4. The minimum Gasteiger partial charge on any atom is -0.444 e. The molecule has 1 aromatic carbocycles. The van der Waals surface area contributed by atoms with Crippen LogP contribution in [-0.4, -0.2) is 50.8 Å². The highest BCUT2D eigenvalue weighted by Crippen LogP contribution is 2.29. The number of rotatable bonds is 9. The monoisotopic (exact) mass is 536 g/mol. The van der Waals surface area contributed by atoms with Gasteiger partial charge in [-0.3, -0.25) is 9.89 Å². The molecule has 0 saturated heterocycles. The van der Waals surface area contributed by atoms with Crippen LogP contribution in [0, 0.1) is 11.7 Å². The second kappa shape index (κ2) is 11.5. The Labute approximate surface area is 221 Å². The molecule has 2 aromatic rings. The molecule has 0 radical (unpaired) electrons. The van der Waals surface area contributed by atoms with Gasteiger partial charge in [0.05, 0.1) is 0 Å². The lowest BCUT2D eigenvalue weighted by molar-refractivity contribution is -0.141. The van der Waals surface area contributed by atoms with E-state index in [1.807, 2.05) is 0 Å². The number of benzene rings is 1. The van der Waals surface area contributed by atoms with Gasteiger partial charge >= 0.3 is 12.1 Å². The Bertz CT molecular complexity index is 1140. The molecule has 3 rings (SSSR count). The Hall–Kier alpha value is -3.14. The van der Waals surface area contributed by atoms with E-state index in [0.29, 0.717) is 12.5 Å². The maximum atomic E-state index is 15.1. The van der Waals surface area contributed by atoms with Gasteiger partial charge in [0, 0.05) is 30.8 Å². The molecule has 1 saturated carbocycles. The Balaban J connectivity index is 1.71. The summed E-state index contributed by atoms with van der Waals surface area (Å²) < 4.78 is 25.7. The van der Waals surface area contributed by atoms with Crippen molar-refractivity contribution >= 4 is 29.6 Å². The molecule has 2 amide bonds. The number of halogens is 2. The first-order valence-corrected chi connectivity index (χ1v) is 12.7. The largest absolute Gasteiger partial charge is 0.444 e. The molecule has 202 valence electrons. The Morgan fingerprint density at radius 2 is 1.92 bits per heavy atom. The van der Waals surface area contributed by atoms with Gasteiger partial charge in [-0.05, 0) is 58.9 Å². The van der Waals surface area contributed by atoms with Crippen molar-refractivity contribution < 1.29 is 28.2 Å². The lowest BCUT2D eigenvalue weighted by atomic mass is 9.85. The maximum absolute atomic E-state index is 15.1. The minimum atomic E-state index is -1.38. The van der Waals surface area contributed by atoms with Gasteiger partial charge < -0.3 is 19.7 Å². The third-order valence-corrected chi connectivity index (χ3v) is 6.48. The number of aromatic amines is 1. The van der Waals surface area contributed by atoms with E-state index < -0.39 is 29.0 Å². The molecular formula is C26H34ClFN4O5. The molecule has 1 aromatic heterocycles. The van der Waals surface area contributed by atoms with Gasteiger partial charge in [-0.25, -0.2) is 14.0 Å². The molecule has 11 heteroatoms. The second-order valence-corrected chi connectivity index (χ2v) is 10.9. The van der Waals surface area contributed by atoms with E-state index >= 15 is 4.39 Å². The van der Waals surface area contributed by atoms with E-state index in [0.717, 1.165) is 25.3 Å². The molecule has 9 nitrogen and oxygen atoms in total. The fourth-order valence-corrected chi connectivity index (χ4v) is 3.88. The summed E-state index contributed by atoms with van der Waals surface area (Å²) in [4.78, 5) is 39.6. The molecule has 1 aliphatic rings. The van der Waals surface area contributed by atoms with Crippen molar-refractivity contribution in [1.82, 2.24) is 20.4 Å². The molecule has 0 bridgehead atoms. The summed E-state index contributed by atoms with van der Waals surface area (Å²) in [5.74, 6) is -1.41. The maximum Gasteiger partial charge on any atom is 0.408 e. The van der Waals surface area contributed by atoms with Crippen molar-refractivity contribution in [3.05, 3.63) is 46.5 Å². The van der Waals surface area contributed by atoms with Gasteiger partial charge in [-0.15, -0.1) is 0 Å². The van der Waals surface area contributed by atoms with Crippen molar-refractivity contribution in [3.8, 4) is 5.75 Å². The zero-order chi connectivity index (χ0) is 27.4. The topological polar surface area (TPSA) is 114 Å². The third-order valence-electron chi connectivity index (χ3n) is 6.29. The van der Waals surface area contributed by atoms with Crippen LogP contribution in [0.15, 0.2) is 24.3 Å². The molecule has 0 spiro atoms. The number of carbonyl (C=O) groups excluding carboxylic acids is 3. The van der Waals surface area contributed by atoms with E-state index in [4.69, 9.17) is 21.1 Å². The van der Waals surface area contributed by atoms with Gasteiger partial charge in [0.1, 0.15) is 27.9 Å². The SMILES string of the molecule is CC[C@](C)(NC(=O)OC(C)(C)C)C(=O)Oc1ccc(CN(CC2CCC2)C(=O)c2cc(Cl)[nH]n2)c(F)c1.